The van der Waals surface area contributed by atoms with Crippen LogP contribution in [0.5, 0.6) is 0 Å². The number of nitrogens with one attached hydrogen (secondary N) is 1. The fraction of sp³-hybridized carbons (Fsp3) is 0.304. The second kappa shape index (κ2) is 10.7. The van der Waals surface area contributed by atoms with Gasteiger partial charge in [-0.05, 0) is 42.3 Å². The minimum Gasteiger partial charge on any atom is -0.369 e. The molecule has 3 aromatic rings. The molecule has 1 N–H and O–H groups in total. The van der Waals surface area contributed by atoms with E-state index in [1.54, 1.807) is 11.0 Å². The van der Waals surface area contributed by atoms with Crippen molar-refractivity contribution in [3.63, 3.8) is 0 Å². The number of amides is 1. The minimum atomic E-state index is -0.0274. The molecule has 4 rings (SSSR count). The molecule has 8 heteroatoms. The molecule has 0 aliphatic carbocycles. The number of aromatic nitrogens is 2. The Morgan fingerprint density at radius 1 is 1.23 bits per heavy atom. The van der Waals surface area contributed by atoms with E-state index in [4.69, 9.17) is 0 Å². The monoisotopic (exact) mass is 461 g/mol. The van der Waals surface area contributed by atoms with Gasteiger partial charge in [-0.1, -0.05) is 18.2 Å². The van der Waals surface area contributed by atoms with Crippen LogP contribution in [-0.4, -0.2) is 52.4 Å². The topological polar surface area (TPSA) is 53.4 Å². The number of nitrogens with zero attached hydrogens (tertiary/aromatic N) is 4. The molecule has 6 nitrogen and oxygen atoms in total. The minimum absolute atomic E-state index is 0. The molecule has 0 fully saturated rings. The van der Waals surface area contributed by atoms with Gasteiger partial charge in [-0.2, -0.15) is 0 Å². The van der Waals surface area contributed by atoms with Crippen LogP contribution < -0.4 is 5.32 Å². The molecule has 0 atom stereocenters. The van der Waals surface area contributed by atoms with Crippen LogP contribution in [0, 0.1) is 0 Å². The van der Waals surface area contributed by atoms with Crippen LogP contribution in [0.15, 0.2) is 48.7 Å². The number of para-hydroxylation sites is 1. The summed E-state index contributed by atoms with van der Waals surface area (Å²) in [6.45, 7) is 3.29. The van der Waals surface area contributed by atoms with Gasteiger partial charge in [0.15, 0.2) is 0 Å². The Morgan fingerprint density at radius 2 is 2.00 bits per heavy atom. The number of halogens is 2. The van der Waals surface area contributed by atoms with Crippen molar-refractivity contribution < 1.29 is 4.79 Å². The van der Waals surface area contributed by atoms with Crippen molar-refractivity contribution >= 4 is 53.5 Å². The highest BCUT2D eigenvalue weighted by atomic mass is 35.5. The van der Waals surface area contributed by atoms with Gasteiger partial charge in [0, 0.05) is 62.8 Å². The molecule has 0 spiro atoms. The van der Waals surface area contributed by atoms with Crippen molar-refractivity contribution in [1.29, 1.82) is 0 Å². The normalized spacial score (nSPS) is 13.6. The summed E-state index contributed by atoms with van der Waals surface area (Å²) in [5.74, 6) is 0.908. The summed E-state index contributed by atoms with van der Waals surface area (Å²) in [6.07, 6.45) is 5.28. The first-order valence-electron chi connectivity index (χ1n) is 9.89. The van der Waals surface area contributed by atoms with Crippen molar-refractivity contribution in [3.8, 4) is 0 Å². The van der Waals surface area contributed by atoms with Crippen molar-refractivity contribution in [2.45, 2.75) is 13.1 Å². The van der Waals surface area contributed by atoms with E-state index in [0.717, 1.165) is 42.3 Å². The van der Waals surface area contributed by atoms with Gasteiger partial charge in [-0.25, -0.2) is 4.98 Å². The number of hydrogen-bond donors (Lipinski definition) is 1. The van der Waals surface area contributed by atoms with Crippen LogP contribution in [0.2, 0.25) is 0 Å². The molecule has 1 amide bonds. The molecule has 0 bridgehead atoms. The lowest BCUT2D eigenvalue weighted by Crippen LogP contribution is -2.25. The summed E-state index contributed by atoms with van der Waals surface area (Å²) >= 11 is 0. The average molecular weight is 462 g/mol. The molecule has 3 heterocycles. The predicted octanol–water partition coefficient (Wildman–Crippen LogP) is 3.95. The predicted molar refractivity (Wildman–Crippen MR) is 132 cm³/mol. The molecule has 1 aliphatic rings. The second-order valence-electron chi connectivity index (χ2n) is 7.72. The van der Waals surface area contributed by atoms with Gasteiger partial charge < -0.3 is 19.7 Å². The number of aryl methyl sites for hydroxylation is 1. The van der Waals surface area contributed by atoms with Crippen molar-refractivity contribution in [3.05, 3.63) is 65.5 Å². The molecule has 31 heavy (non-hydrogen) atoms. The zero-order valence-electron chi connectivity index (χ0n) is 18.0. The number of likely N-dealkylation sites (N-methyl/N-ethyl adjacent to an activating group) is 2. The molecule has 166 valence electrons. The van der Waals surface area contributed by atoms with E-state index in [1.165, 1.54) is 10.9 Å². The highest BCUT2D eigenvalue weighted by molar-refractivity contribution is 5.91. The van der Waals surface area contributed by atoms with E-state index in [1.807, 2.05) is 38.5 Å². The lowest BCUT2D eigenvalue weighted by molar-refractivity contribution is -0.125. The largest absolute Gasteiger partial charge is 0.369 e. The number of anilines is 1. The summed E-state index contributed by atoms with van der Waals surface area (Å²) in [6, 6.07) is 12.5. The second-order valence-corrected chi connectivity index (χ2v) is 7.72. The first-order valence-corrected chi connectivity index (χ1v) is 9.89. The molecular formula is C23H29Cl2N5O. The Balaban J connectivity index is 0.00000171. The zero-order chi connectivity index (χ0) is 20.4. The van der Waals surface area contributed by atoms with Crippen LogP contribution in [-0.2, 0) is 24.9 Å². The van der Waals surface area contributed by atoms with Gasteiger partial charge >= 0.3 is 0 Å². The van der Waals surface area contributed by atoms with Gasteiger partial charge in [-0.3, -0.25) is 4.79 Å². The maximum atomic E-state index is 12.6. The van der Waals surface area contributed by atoms with Gasteiger partial charge in [0.05, 0.1) is 6.54 Å². The van der Waals surface area contributed by atoms with Crippen molar-refractivity contribution in [2.75, 3.05) is 32.5 Å². The third-order valence-electron chi connectivity index (χ3n) is 5.46. The van der Waals surface area contributed by atoms with Crippen LogP contribution in [0.4, 0.5) is 5.82 Å². The van der Waals surface area contributed by atoms with Crippen LogP contribution in [0.25, 0.3) is 17.0 Å². The Kier molecular flexibility index (Phi) is 8.51. The smallest absolute Gasteiger partial charge is 0.246 e. The fourth-order valence-electron chi connectivity index (χ4n) is 3.75. The van der Waals surface area contributed by atoms with Gasteiger partial charge in [0.25, 0.3) is 0 Å². The summed E-state index contributed by atoms with van der Waals surface area (Å²) in [5, 5.41) is 4.55. The molecular weight excluding hydrogens is 433 g/mol. The average Bonchev–Trinajstić information content (AvgIpc) is 2.90. The molecule has 1 aliphatic heterocycles. The first kappa shape index (κ1) is 24.7. The van der Waals surface area contributed by atoms with Crippen LogP contribution >= 0.6 is 24.8 Å². The first-order chi connectivity index (χ1) is 14.0. The SMILES string of the molecule is CN1CCNc2ncc(/C=C/C(=O)N(C)Cc3cc4ccccc4n3C)cc2C1.Cl.Cl. The number of benzene rings is 1. The summed E-state index contributed by atoms with van der Waals surface area (Å²) in [4.78, 5) is 21.1. The van der Waals surface area contributed by atoms with Gasteiger partial charge in [0.2, 0.25) is 5.91 Å². The fourth-order valence-corrected chi connectivity index (χ4v) is 3.75. The van der Waals surface area contributed by atoms with E-state index in [9.17, 15) is 4.79 Å². The Hall–Kier alpha value is -2.54. The van der Waals surface area contributed by atoms with E-state index in [2.05, 4.69) is 51.1 Å². The lowest BCUT2D eigenvalue weighted by Gasteiger charge is -2.16. The van der Waals surface area contributed by atoms with E-state index in [-0.39, 0.29) is 30.7 Å². The number of fused-ring (bicyclic) bond motifs is 2. The highest BCUT2D eigenvalue weighted by Crippen LogP contribution is 2.20. The maximum absolute atomic E-state index is 12.6. The molecule has 0 unspecified atom stereocenters. The summed E-state index contributed by atoms with van der Waals surface area (Å²) < 4.78 is 2.14. The van der Waals surface area contributed by atoms with Crippen molar-refractivity contribution in [1.82, 2.24) is 19.4 Å². The van der Waals surface area contributed by atoms with E-state index >= 15 is 0 Å². The maximum Gasteiger partial charge on any atom is 0.246 e. The summed E-state index contributed by atoms with van der Waals surface area (Å²) in [5.41, 5.74) is 4.38. The third kappa shape index (κ3) is 5.58. The number of pyridine rings is 1. The van der Waals surface area contributed by atoms with E-state index in [0.29, 0.717) is 6.54 Å². The summed E-state index contributed by atoms with van der Waals surface area (Å²) in [7, 11) is 5.97. The standard InChI is InChI=1S/C23H27N5O.2ClH/c1-26-11-10-24-23-19(15-26)12-17(14-25-23)8-9-22(29)27(2)16-20-13-18-6-4-5-7-21(18)28(20)3;;/h4-9,12-14H,10-11,15-16H2,1-3H3,(H,24,25);2*1H/b9-8+;;. The van der Waals surface area contributed by atoms with E-state index < -0.39 is 0 Å². The molecule has 1 aromatic carbocycles. The zero-order valence-corrected chi connectivity index (χ0v) is 19.7. The molecule has 0 saturated carbocycles. The Labute approximate surface area is 195 Å². The van der Waals surface area contributed by atoms with Crippen LogP contribution in [0.1, 0.15) is 16.8 Å². The molecule has 0 saturated heterocycles. The van der Waals surface area contributed by atoms with Crippen molar-refractivity contribution in [2.24, 2.45) is 7.05 Å². The number of rotatable bonds is 4. The van der Waals surface area contributed by atoms with Gasteiger partial charge in [0.1, 0.15) is 5.82 Å². The van der Waals surface area contributed by atoms with Crippen LogP contribution in [0.3, 0.4) is 0 Å². The Bertz CT molecular complexity index is 1080. The number of hydrogen-bond acceptors (Lipinski definition) is 4. The number of carbonyl (C=O) groups excluding carboxylic acids is 1. The quantitative estimate of drug-likeness (QED) is 0.597. The molecule has 0 radical (unpaired) electrons. The number of carbonyl (C=O) groups is 1. The highest BCUT2D eigenvalue weighted by Gasteiger charge is 2.13. The third-order valence-corrected chi connectivity index (χ3v) is 5.46. The Morgan fingerprint density at radius 3 is 2.77 bits per heavy atom. The molecule has 2 aromatic heterocycles. The van der Waals surface area contributed by atoms with Gasteiger partial charge in [-0.15, -0.1) is 24.8 Å². The lowest BCUT2D eigenvalue weighted by atomic mass is 10.1.